The molecule has 1 saturated heterocycles. The molecule has 0 amide bonds. The van der Waals surface area contributed by atoms with Crippen LogP contribution in [0, 0.1) is 5.92 Å². The summed E-state index contributed by atoms with van der Waals surface area (Å²) in [7, 11) is 0. The van der Waals surface area contributed by atoms with Gasteiger partial charge in [0.1, 0.15) is 5.67 Å². The molecule has 2 rings (SSSR count). The number of hydrogen-bond acceptors (Lipinski definition) is 1. The molecule has 0 atom stereocenters. The number of rotatable bonds is 1. The molecule has 1 N–H and O–H groups in total. The Kier molecular flexibility index (Phi) is 1.88. The van der Waals surface area contributed by atoms with E-state index >= 15 is 0 Å². The van der Waals surface area contributed by atoms with E-state index < -0.39 is 5.67 Å². The van der Waals surface area contributed by atoms with Gasteiger partial charge in [-0.2, -0.15) is 0 Å². The fourth-order valence-corrected chi connectivity index (χ4v) is 2.18. The van der Waals surface area contributed by atoms with Crippen molar-refractivity contribution in [3.05, 3.63) is 0 Å². The molecule has 0 aromatic carbocycles. The molecule has 1 nitrogen and oxygen atoms in total. The highest BCUT2D eigenvalue weighted by molar-refractivity contribution is 4.94. The van der Waals surface area contributed by atoms with Crippen molar-refractivity contribution in [1.82, 2.24) is 5.32 Å². The van der Waals surface area contributed by atoms with Gasteiger partial charge >= 0.3 is 0 Å². The van der Waals surface area contributed by atoms with Crippen molar-refractivity contribution in [2.24, 2.45) is 5.92 Å². The Morgan fingerprint density at radius 3 is 2.27 bits per heavy atom. The summed E-state index contributed by atoms with van der Waals surface area (Å²) in [5, 5.41) is 3.20. The minimum Gasteiger partial charge on any atom is -0.316 e. The molecule has 2 heteroatoms. The van der Waals surface area contributed by atoms with Crippen LogP contribution < -0.4 is 5.32 Å². The van der Waals surface area contributed by atoms with Crippen LogP contribution in [0.15, 0.2) is 0 Å². The van der Waals surface area contributed by atoms with Gasteiger partial charge in [0.25, 0.3) is 0 Å². The van der Waals surface area contributed by atoms with Gasteiger partial charge in [0, 0.05) is 0 Å². The van der Waals surface area contributed by atoms with E-state index in [0.717, 1.165) is 38.8 Å². The first kappa shape index (κ1) is 7.53. The smallest absolute Gasteiger partial charge is 0.116 e. The minimum absolute atomic E-state index is 0.407. The van der Waals surface area contributed by atoms with E-state index in [-0.39, 0.29) is 0 Å². The van der Waals surface area contributed by atoms with Crippen molar-refractivity contribution in [2.45, 2.75) is 37.8 Å². The number of hydrogen-bond donors (Lipinski definition) is 1. The summed E-state index contributed by atoms with van der Waals surface area (Å²) in [6.45, 7) is 1.76. The number of nitrogens with one attached hydrogen (secondary N) is 1. The van der Waals surface area contributed by atoms with Gasteiger partial charge in [0.2, 0.25) is 0 Å². The highest BCUT2D eigenvalue weighted by Gasteiger charge is 2.42. The van der Waals surface area contributed by atoms with Crippen molar-refractivity contribution in [2.75, 3.05) is 13.1 Å². The maximum absolute atomic E-state index is 14.0. The SMILES string of the molecule is FC1(C2CCC2)CCNCC1. The standard InChI is InChI=1S/C9H16FN/c10-9(8-2-1-3-8)4-6-11-7-5-9/h8,11H,1-7H2. The third-order valence-corrected chi connectivity index (χ3v) is 3.27. The van der Waals surface area contributed by atoms with E-state index in [2.05, 4.69) is 5.32 Å². The molecule has 0 aromatic rings. The second kappa shape index (κ2) is 2.74. The molecule has 1 saturated carbocycles. The van der Waals surface area contributed by atoms with Crippen LogP contribution >= 0.6 is 0 Å². The molecule has 1 heterocycles. The lowest BCUT2D eigenvalue weighted by molar-refractivity contribution is 0.00477. The van der Waals surface area contributed by atoms with E-state index in [0.29, 0.717) is 5.92 Å². The predicted molar refractivity (Wildman–Crippen MR) is 43.3 cm³/mol. The fourth-order valence-electron chi connectivity index (χ4n) is 2.18. The molecule has 0 aromatic heterocycles. The Morgan fingerprint density at radius 1 is 1.18 bits per heavy atom. The number of alkyl halides is 1. The van der Waals surface area contributed by atoms with Crippen LogP contribution in [-0.4, -0.2) is 18.8 Å². The summed E-state index contributed by atoms with van der Waals surface area (Å²) in [5.41, 5.74) is -0.788. The Morgan fingerprint density at radius 2 is 1.82 bits per heavy atom. The fraction of sp³-hybridized carbons (Fsp3) is 1.00. The molecule has 1 aliphatic carbocycles. The third kappa shape index (κ3) is 1.28. The number of halogens is 1. The molecular weight excluding hydrogens is 141 g/mol. The summed E-state index contributed by atoms with van der Waals surface area (Å²) in [6, 6.07) is 0. The van der Waals surface area contributed by atoms with Crippen molar-refractivity contribution in [3.63, 3.8) is 0 Å². The quantitative estimate of drug-likeness (QED) is 0.612. The zero-order valence-electron chi connectivity index (χ0n) is 6.91. The van der Waals surface area contributed by atoms with Crippen LogP contribution in [0.4, 0.5) is 4.39 Å². The zero-order chi connectivity index (χ0) is 7.73. The predicted octanol–water partition coefficient (Wildman–Crippen LogP) is 1.88. The van der Waals surface area contributed by atoms with E-state index in [9.17, 15) is 4.39 Å². The van der Waals surface area contributed by atoms with Gasteiger partial charge in [-0.3, -0.25) is 0 Å². The Hall–Kier alpha value is -0.110. The first-order chi connectivity index (χ1) is 5.31. The average molecular weight is 157 g/mol. The minimum atomic E-state index is -0.788. The monoisotopic (exact) mass is 157 g/mol. The van der Waals surface area contributed by atoms with E-state index in [1.54, 1.807) is 0 Å². The zero-order valence-corrected chi connectivity index (χ0v) is 6.91. The summed E-state index contributed by atoms with van der Waals surface area (Å²) >= 11 is 0. The molecule has 11 heavy (non-hydrogen) atoms. The van der Waals surface area contributed by atoms with Gasteiger partial charge in [-0.15, -0.1) is 0 Å². The molecular formula is C9H16FN. The third-order valence-electron chi connectivity index (χ3n) is 3.27. The lowest BCUT2D eigenvalue weighted by Gasteiger charge is -2.41. The summed E-state index contributed by atoms with van der Waals surface area (Å²) in [4.78, 5) is 0. The van der Waals surface area contributed by atoms with Crippen molar-refractivity contribution >= 4 is 0 Å². The van der Waals surface area contributed by atoms with Crippen LogP contribution in [0.1, 0.15) is 32.1 Å². The summed E-state index contributed by atoms with van der Waals surface area (Å²) < 4.78 is 14.0. The van der Waals surface area contributed by atoms with Crippen LogP contribution in [-0.2, 0) is 0 Å². The molecule has 2 fully saturated rings. The van der Waals surface area contributed by atoms with Gasteiger partial charge < -0.3 is 5.32 Å². The van der Waals surface area contributed by atoms with E-state index in [4.69, 9.17) is 0 Å². The van der Waals surface area contributed by atoms with Gasteiger partial charge in [-0.25, -0.2) is 4.39 Å². The van der Waals surface area contributed by atoms with Gasteiger partial charge in [-0.1, -0.05) is 6.42 Å². The topological polar surface area (TPSA) is 12.0 Å². The summed E-state index contributed by atoms with van der Waals surface area (Å²) in [5.74, 6) is 0.407. The van der Waals surface area contributed by atoms with E-state index in [1.165, 1.54) is 6.42 Å². The second-order valence-corrected chi connectivity index (χ2v) is 3.91. The first-order valence-corrected chi connectivity index (χ1v) is 4.71. The first-order valence-electron chi connectivity index (χ1n) is 4.71. The molecule has 0 bridgehead atoms. The average Bonchev–Trinajstić information content (AvgIpc) is 1.83. The van der Waals surface area contributed by atoms with Crippen LogP contribution in [0.25, 0.3) is 0 Å². The molecule has 0 unspecified atom stereocenters. The summed E-state index contributed by atoms with van der Waals surface area (Å²) in [6.07, 6.45) is 5.02. The molecule has 64 valence electrons. The van der Waals surface area contributed by atoms with Crippen molar-refractivity contribution in [1.29, 1.82) is 0 Å². The van der Waals surface area contributed by atoms with Crippen LogP contribution in [0.3, 0.4) is 0 Å². The van der Waals surface area contributed by atoms with Crippen LogP contribution in [0.2, 0.25) is 0 Å². The van der Waals surface area contributed by atoms with Crippen molar-refractivity contribution in [3.8, 4) is 0 Å². The Bertz CT molecular complexity index is 136. The number of piperidine rings is 1. The normalized spacial score (nSPS) is 31.4. The molecule has 0 spiro atoms. The van der Waals surface area contributed by atoms with Gasteiger partial charge in [-0.05, 0) is 44.7 Å². The molecule has 2 aliphatic rings. The lowest BCUT2D eigenvalue weighted by Crippen LogP contribution is -2.46. The largest absolute Gasteiger partial charge is 0.316 e. The van der Waals surface area contributed by atoms with E-state index in [1.807, 2.05) is 0 Å². The van der Waals surface area contributed by atoms with Gasteiger partial charge in [0.15, 0.2) is 0 Å². The second-order valence-electron chi connectivity index (χ2n) is 3.91. The van der Waals surface area contributed by atoms with Crippen molar-refractivity contribution < 1.29 is 4.39 Å². The molecule has 1 aliphatic heterocycles. The Labute approximate surface area is 67.4 Å². The Balaban J connectivity index is 1.94. The highest BCUT2D eigenvalue weighted by Crippen LogP contribution is 2.43. The maximum Gasteiger partial charge on any atom is 0.116 e. The lowest BCUT2D eigenvalue weighted by atomic mass is 9.70. The van der Waals surface area contributed by atoms with Crippen LogP contribution in [0.5, 0.6) is 0 Å². The highest BCUT2D eigenvalue weighted by atomic mass is 19.1. The maximum atomic E-state index is 14.0. The molecule has 0 radical (unpaired) electrons. The van der Waals surface area contributed by atoms with Gasteiger partial charge in [0.05, 0.1) is 0 Å².